The van der Waals surface area contributed by atoms with Gasteiger partial charge >= 0.3 is 5.97 Å². The zero-order valence-corrected chi connectivity index (χ0v) is 11.6. The molecule has 3 aromatic rings. The van der Waals surface area contributed by atoms with Crippen LogP contribution in [0.25, 0.3) is 10.1 Å². The zero-order chi connectivity index (χ0) is 14.8. The lowest BCUT2D eigenvalue weighted by Crippen LogP contribution is -2.14. The molecule has 2 heterocycles. The number of thiophene rings is 1. The maximum absolute atomic E-state index is 14.0. The van der Waals surface area contributed by atoms with E-state index in [-0.39, 0.29) is 11.4 Å². The van der Waals surface area contributed by atoms with Crippen LogP contribution in [-0.4, -0.2) is 16.2 Å². The van der Waals surface area contributed by atoms with Crippen molar-refractivity contribution in [2.24, 2.45) is 0 Å². The molecule has 0 aliphatic rings. The standard InChI is InChI=1S/C14H11FN2O3S/c15-10-2-1-3-11-12(10)9(13(21-11)14(18)19)7-16-6-8-4-5-20-17-8/h1-5,16H,6-7H2,(H,18,19). The van der Waals surface area contributed by atoms with Gasteiger partial charge in [-0.05, 0) is 12.1 Å². The molecule has 0 atom stereocenters. The highest BCUT2D eigenvalue weighted by molar-refractivity contribution is 7.21. The highest BCUT2D eigenvalue weighted by Gasteiger charge is 2.19. The van der Waals surface area contributed by atoms with Crippen molar-refractivity contribution >= 4 is 27.4 Å². The number of aromatic nitrogens is 1. The molecule has 7 heteroatoms. The molecule has 5 nitrogen and oxygen atoms in total. The van der Waals surface area contributed by atoms with E-state index >= 15 is 0 Å². The van der Waals surface area contributed by atoms with Crippen molar-refractivity contribution in [3.8, 4) is 0 Å². The lowest BCUT2D eigenvalue weighted by atomic mass is 10.1. The minimum atomic E-state index is -1.05. The maximum atomic E-state index is 14.0. The van der Waals surface area contributed by atoms with Gasteiger partial charge in [-0.25, -0.2) is 9.18 Å². The molecule has 0 radical (unpaired) electrons. The van der Waals surface area contributed by atoms with Crippen LogP contribution in [0.1, 0.15) is 20.9 Å². The molecule has 0 aliphatic heterocycles. The van der Waals surface area contributed by atoms with Crippen LogP contribution in [0.2, 0.25) is 0 Å². The van der Waals surface area contributed by atoms with Gasteiger partial charge in [-0.15, -0.1) is 11.3 Å². The average molecular weight is 306 g/mol. The summed E-state index contributed by atoms with van der Waals surface area (Å²) in [5.41, 5.74) is 1.16. The highest BCUT2D eigenvalue weighted by atomic mass is 32.1. The van der Waals surface area contributed by atoms with E-state index in [0.29, 0.717) is 27.9 Å². The smallest absolute Gasteiger partial charge is 0.346 e. The van der Waals surface area contributed by atoms with Crippen molar-refractivity contribution in [1.82, 2.24) is 10.5 Å². The molecule has 0 amide bonds. The summed E-state index contributed by atoms with van der Waals surface area (Å²) in [7, 11) is 0. The van der Waals surface area contributed by atoms with Gasteiger partial charge in [-0.3, -0.25) is 0 Å². The lowest BCUT2D eigenvalue weighted by molar-refractivity contribution is 0.0701. The molecule has 21 heavy (non-hydrogen) atoms. The van der Waals surface area contributed by atoms with E-state index < -0.39 is 11.8 Å². The third-order valence-corrected chi connectivity index (χ3v) is 4.24. The molecule has 0 spiro atoms. The highest BCUT2D eigenvalue weighted by Crippen LogP contribution is 2.33. The van der Waals surface area contributed by atoms with Crippen LogP contribution in [-0.2, 0) is 13.1 Å². The van der Waals surface area contributed by atoms with Gasteiger partial charge in [-0.1, -0.05) is 11.2 Å². The fourth-order valence-corrected chi connectivity index (χ4v) is 3.23. The Morgan fingerprint density at radius 1 is 1.38 bits per heavy atom. The van der Waals surface area contributed by atoms with Gasteiger partial charge in [0.25, 0.3) is 0 Å². The molecule has 0 saturated carbocycles. The summed E-state index contributed by atoms with van der Waals surface area (Å²) in [5.74, 6) is -1.46. The van der Waals surface area contributed by atoms with Gasteiger partial charge in [0.05, 0.1) is 5.69 Å². The second-order valence-electron chi connectivity index (χ2n) is 4.42. The van der Waals surface area contributed by atoms with E-state index in [1.807, 2.05) is 0 Å². The Morgan fingerprint density at radius 2 is 2.24 bits per heavy atom. The predicted octanol–water partition coefficient (Wildman–Crippen LogP) is 3.02. The summed E-state index contributed by atoms with van der Waals surface area (Å²) in [6.07, 6.45) is 1.46. The summed E-state index contributed by atoms with van der Waals surface area (Å²) in [6, 6.07) is 6.34. The molecule has 0 bridgehead atoms. The number of carbonyl (C=O) groups is 1. The Hall–Kier alpha value is -2.25. The van der Waals surface area contributed by atoms with Gasteiger partial charge in [0.15, 0.2) is 0 Å². The molecule has 1 aromatic carbocycles. The number of hydrogen-bond acceptors (Lipinski definition) is 5. The van der Waals surface area contributed by atoms with Gasteiger partial charge < -0.3 is 14.9 Å². The molecule has 0 aliphatic carbocycles. The molecule has 2 N–H and O–H groups in total. The number of nitrogens with zero attached hydrogens (tertiary/aromatic N) is 1. The first kappa shape index (κ1) is 13.7. The topological polar surface area (TPSA) is 75.4 Å². The third-order valence-electron chi connectivity index (χ3n) is 3.06. The number of benzene rings is 1. The van der Waals surface area contributed by atoms with E-state index in [4.69, 9.17) is 4.52 Å². The van der Waals surface area contributed by atoms with Gasteiger partial charge in [0.2, 0.25) is 0 Å². The Labute approximate surface area is 123 Å². The fraction of sp³-hybridized carbons (Fsp3) is 0.143. The second-order valence-corrected chi connectivity index (χ2v) is 5.47. The van der Waals surface area contributed by atoms with E-state index in [1.165, 1.54) is 12.3 Å². The summed E-state index contributed by atoms with van der Waals surface area (Å²) >= 11 is 1.08. The molecule has 3 rings (SSSR count). The monoisotopic (exact) mass is 306 g/mol. The van der Waals surface area contributed by atoms with Crippen molar-refractivity contribution in [3.05, 3.63) is 52.5 Å². The number of hydrogen-bond donors (Lipinski definition) is 2. The number of carboxylic acid groups (broad SMARTS) is 1. The van der Waals surface area contributed by atoms with Crippen LogP contribution in [0.5, 0.6) is 0 Å². The number of halogens is 1. The summed E-state index contributed by atoms with van der Waals surface area (Å²) < 4.78 is 19.3. The largest absolute Gasteiger partial charge is 0.477 e. The normalized spacial score (nSPS) is 11.1. The molecular formula is C14H11FN2O3S. The van der Waals surface area contributed by atoms with Gasteiger partial charge in [-0.2, -0.15) is 0 Å². The van der Waals surface area contributed by atoms with Crippen molar-refractivity contribution in [2.75, 3.05) is 0 Å². The minimum absolute atomic E-state index is 0.155. The SMILES string of the molecule is O=C(O)c1sc2cccc(F)c2c1CNCc1ccon1. The molecule has 108 valence electrons. The number of carboxylic acids is 1. The number of aromatic carboxylic acids is 1. The van der Waals surface area contributed by atoms with E-state index in [2.05, 4.69) is 10.5 Å². The van der Waals surface area contributed by atoms with Crippen LogP contribution in [0, 0.1) is 5.82 Å². The van der Waals surface area contributed by atoms with Crippen LogP contribution in [0.15, 0.2) is 35.1 Å². The number of fused-ring (bicyclic) bond motifs is 1. The quantitative estimate of drug-likeness (QED) is 0.758. The van der Waals surface area contributed by atoms with Crippen LogP contribution in [0.4, 0.5) is 4.39 Å². The summed E-state index contributed by atoms with van der Waals surface area (Å²) in [6.45, 7) is 0.663. The zero-order valence-electron chi connectivity index (χ0n) is 10.8. The Kier molecular flexibility index (Phi) is 3.68. The Bertz CT molecular complexity index is 783. The maximum Gasteiger partial charge on any atom is 0.346 e. The van der Waals surface area contributed by atoms with Crippen molar-refractivity contribution in [1.29, 1.82) is 0 Å². The number of nitrogens with one attached hydrogen (secondary N) is 1. The predicted molar refractivity (Wildman–Crippen MR) is 75.8 cm³/mol. The lowest BCUT2D eigenvalue weighted by Gasteiger charge is -2.04. The molecule has 0 fully saturated rings. The van der Waals surface area contributed by atoms with Crippen molar-refractivity contribution < 1.29 is 18.8 Å². The number of rotatable bonds is 5. The van der Waals surface area contributed by atoms with Gasteiger partial charge in [0, 0.05) is 34.8 Å². The molecular weight excluding hydrogens is 295 g/mol. The van der Waals surface area contributed by atoms with Crippen molar-refractivity contribution in [2.45, 2.75) is 13.1 Å². The van der Waals surface area contributed by atoms with Crippen molar-refractivity contribution in [3.63, 3.8) is 0 Å². The van der Waals surface area contributed by atoms with E-state index in [9.17, 15) is 14.3 Å². The minimum Gasteiger partial charge on any atom is -0.477 e. The van der Waals surface area contributed by atoms with Gasteiger partial charge in [0.1, 0.15) is 17.0 Å². The first-order valence-corrected chi connectivity index (χ1v) is 7.01. The van der Waals surface area contributed by atoms with Crippen LogP contribution in [0.3, 0.4) is 0 Å². The van der Waals surface area contributed by atoms with Crippen LogP contribution >= 0.6 is 11.3 Å². The average Bonchev–Trinajstić information content (AvgIpc) is 3.07. The first-order chi connectivity index (χ1) is 10.2. The third kappa shape index (κ3) is 2.65. The van der Waals surface area contributed by atoms with E-state index in [1.54, 1.807) is 18.2 Å². The van der Waals surface area contributed by atoms with Crippen LogP contribution < -0.4 is 5.32 Å². The first-order valence-electron chi connectivity index (χ1n) is 6.20. The second kappa shape index (κ2) is 5.63. The summed E-state index contributed by atoms with van der Waals surface area (Å²) in [4.78, 5) is 11.5. The Morgan fingerprint density at radius 3 is 2.95 bits per heavy atom. The van der Waals surface area contributed by atoms with E-state index in [0.717, 1.165) is 11.3 Å². The molecule has 0 unspecified atom stereocenters. The molecule has 0 saturated heterocycles. The molecule has 2 aromatic heterocycles. The summed E-state index contributed by atoms with van der Waals surface area (Å²) in [5, 5.41) is 16.4. The fourth-order valence-electron chi connectivity index (χ4n) is 2.15. The Balaban J connectivity index is 1.91.